The number of carbonyl (C=O) groups is 2. The van der Waals surface area contributed by atoms with Crippen LogP contribution in [0.3, 0.4) is 0 Å². The number of hydrogen-bond donors (Lipinski definition) is 3. The van der Waals surface area contributed by atoms with Crippen LogP contribution in [0.2, 0.25) is 0 Å². The minimum absolute atomic E-state index is 0.127. The molecule has 0 aromatic carbocycles. The van der Waals surface area contributed by atoms with Crippen LogP contribution in [0.15, 0.2) is 12.7 Å². The molecule has 0 bridgehead atoms. The molecule has 0 rings (SSSR count). The highest BCUT2D eigenvalue weighted by Gasteiger charge is 2.26. The average Bonchev–Trinajstić information content (AvgIpc) is 2.24. The Kier molecular flexibility index (Phi) is 6.41. The van der Waals surface area contributed by atoms with Gasteiger partial charge in [0.05, 0.1) is 6.04 Å². The molecule has 0 spiro atoms. The molecular formula is C11H20N2O3. The van der Waals surface area contributed by atoms with Crippen molar-refractivity contribution in [3.63, 3.8) is 0 Å². The van der Waals surface area contributed by atoms with Crippen LogP contribution in [0.25, 0.3) is 0 Å². The monoisotopic (exact) mass is 228 g/mol. The first-order valence-corrected chi connectivity index (χ1v) is 5.33. The van der Waals surface area contributed by atoms with E-state index in [0.29, 0.717) is 12.8 Å². The lowest BCUT2D eigenvalue weighted by molar-refractivity contribution is -0.143. The standard InChI is InChI=1S/C11H20N2O3/c1-4-6-8(12)10(14)13-9(11(15)16)7(3)5-2/h4,7-9H,1,5-6,12H2,2-3H3,(H,13,14)(H,15,16). The molecule has 16 heavy (non-hydrogen) atoms. The zero-order valence-corrected chi connectivity index (χ0v) is 9.77. The molecule has 0 aliphatic rings. The summed E-state index contributed by atoms with van der Waals surface area (Å²) in [7, 11) is 0. The molecule has 0 aromatic rings. The fourth-order valence-electron chi connectivity index (χ4n) is 1.23. The Bertz CT molecular complexity index is 266. The number of rotatable bonds is 7. The Labute approximate surface area is 95.7 Å². The molecule has 0 aromatic heterocycles. The van der Waals surface area contributed by atoms with Crippen molar-refractivity contribution in [2.75, 3.05) is 0 Å². The molecule has 0 radical (unpaired) electrons. The van der Waals surface area contributed by atoms with Crippen LogP contribution in [0.4, 0.5) is 0 Å². The number of amides is 1. The van der Waals surface area contributed by atoms with Gasteiger partial charge >= 0.3 is 5.97 Å². The lowest BCUT2D eigenvalue weighted by Crippen LogP contribution is -2.50. The molecule has 3 unspecified atom stereocenters. The topological polar surface area (TPSA) is 92.4 Å². The van der Waals surface area contributed by atoms with Gasteiger partial charge in [-0.05, 0) is 12.3 Å². The van der Waals surface area contributed by atoms with Crippen molar-refractivity contribution in [1.82, 2.24) is 5.32 Å². The average molecular weight is 228 g/mol. The fraction of sp³-hybridized carbons (Fsp3) is 0.636. The Hall–Kier alpha value is -1.36. The van der Waals surface area contributed by atoms with E-state index in [1.165, 1.54) is 6.08 Å². The van der Waals surface area contributed by atoms with Gasteiger partial charge in [-0.25, -0.2) is 4.79 Å². The molecule has 5 nitrogen and oxygen atoms in total. The van der Waals surface area contributed by atoms with Crippen molar-refractivity contribution in [1.29, 1.82) is 0 Å². The predicted octanol–water partition coefficient (Wildman–Crippen LogP) is 0.505. The Balaban J connectivity index is 4.45. The number of nitrogens with two attached hydrogens (primary N) is 1. The number of nitrogens with one attached hydrogen (secondary N) is 1. The second-order valence-electron chi connectivity index (χ2n) is 3.84. The van der Waals surface area contributed by atoms with Gasteiger partial charge in [-0.2, -0.15) is 0 Å². The predicted molar refractivity (Wildman–Crippen MR) is 61.8 cm³/mol. The summed E-state index contributed by atoms with van der Waals surface area (Å²) in [5, 5.41) is 11.4. The fourth-order valence-corrected chi connectivity index (χ4v) is 1.23. The van der Waals surface area contributed by atoms with Gasteiger partial charge in [-0.1, -0.05) is 26.3 Å². The van der Waals surface area contributed by atoms with Gasteiger partial charge in [-0.3, -0.25) is 4.79 Å². The van der Waals surface area contributed by atoms with Crippen molar-refractivity contribution in [3.8, 4) is 0 Å². The molecule has 0 aliphatic carbocycles. The number of carbonyl (C=O) groups excluding carboxylic acids is 1. The highest BCUT2D eigenvalue weighted by molar-refractivity contribution is 5.87. The maximum Gasteiger partial charge on any atom is 0.326 e. The van der Waals surface area contributed by atoms with Crippen molar-refractivity contribution < 1.29 is 14.7 Å². The van der Waals surface area contributed by atoms with E-state index in [-0.39, 0.29) is 5.92 Å². The molecule has 0 aliphatic heterocycles. The minimum atomic E-state index is -1.03. The van der Waals surface area contributed by atoms with E-state index in [1.807, 2.05) is 6.92 Å². The van der Waals surface area contributed by atoms with Gasteiger partial charge in [0, 0.05) is 0 Å². The first-order chi connectivity index (χ1) is 7.43. The van der Waals surface area contributed by atoms with Crippen LogP contribution in [-0.4, -0.2) is 29.1 Å². The third-order valence-electron chi connectivity index (χ3n) is 2.53. The quantitative estimate of drug-likeness (QED) is 0.553. The maximum absolute atomic E-state index is 11.5. The van der Waals surface area contributed by atoms with E-state index in [4.69, 9.17) is 10.8 Å². The SMILES string of the molecule is C=CCC(N)C(=O)NC(C(=O)O)C(C)CC. The normalized spacial score (nSPS) is 15.9. The molecule has 0 saturated heterocycles. The van der Waals surface area contributed by atoms with E-state index in [2.05, 4.69) is 11.9 Å². The zero-order chi connectivity index (χ0) is 12.7. The highest BCUT2D eigenvalue weighted by atomic mass is 16.4. The number of aliphatic carboxylic acids is 1. The second kappa shape index (κ2) is 7.00. The number of hydrogen-bond acceptors (Lipinski definition) is 3. The second-order valence-corrected chi connectivity index (χ2v) is 3.84. The van der Waals surface area contributed by atoms with E-state index in [1.54, 1.807) is 6.92 Å². The van der Waals surface area contributed by atoms with Gasteiger partial charge < -0.3 is 16.2 Å². The van der Waals surface area contributed by atoms with Crippen LogP contribution < -0.4 is 11.1 Å². The Morgan fingerprint density at radius 2 is 2.12 bits per heavy atom. The maximum atomic E-state index is 11.5. The molecule has 5 heteroatoms. The molecule has 0 heterocycles. The summed E-state index contributed by atoms with van der Waals surface area (Å²) in [6.07, 6.45) is 2.54. The van der Waals surface area contributed by atoms with Gasteiger partial charge in [-0.15, -0.1) is 6.58 Å². The molecular weight excluding hydrogens is 208 g/mol. The molecule has 4 N–H and O–H groups in total. The van der Waals surface area contributed by atoms with Crippen LogP contribution in [0.1, 0.15) is 26.7 Å². The Morgan fingerprint density at radius 1 is 1.56 bits per heavy atom. The summed E-state index contributed by atoms with van der Waals surface area (Å²) in [5.41, 5.74) is 5.54. The first-order valence-electron chi connectivity index (χ1n) is 5.33. The van der Waals surface area contributed by atoms with Gasteiger partial charge in [0.25, 0.3) is 0 Å². The first kappa shape index (κ1) is 14.6. The third-order valence-corrected chi connectivity index (χ3v) is 2.53. The molecule has 0 fully saturated rings. The van der Waals surface area contributed by atoms with Crippen molar-refractivity contribution in [2.24, 2.45) is 11.7 Å². The van der Waals surface area contributed by atoms with Crippen molar-refractivity contribution in [2.45, 2.75) is 38.8 Å². The third kappa shape index (κ3) is 4.44. The highest BCUT2D eigenvalue weighted by Crippen LogP contribution is 2.08. The lowest BCUT2D eigenvalue weighted by Gasteiger charge is -2.21. The summed E-state index contributed by atoms with van der Waals surface area (Å²) >= 11 is 0. The van der Waals surface area contributed by atoms with E-state index >= 15 is 0 Å². The van der Waals surface area contributed by atoms with E-state index < -0.39 is 24.0 Å². The summed E-state index contributed by atoms with van der Waals surface area (Å²) in [5.74, 6) is -1.61. The van der Waals surface area contributed by atoms with Gasteiger partial charge in [0.1, 0.15) is 6.04 Å². The summed E-state index contributed by atoms with van der Waals surface area (Å²) in [4.78, 5) is 22.5. The van der Waals surface area contributed by atoms with Crippen LogP contribution in [-0.2, 0) is 9.59 Å². The zero-order valence-electron chi connectivity index (χ0n) is 9.77. The van der Waals surface area contributed by atoms with Crippen LogP contribution >= 0.6 is 0 Å². The molecule has 92 valence electrons. The van der Waals surface area contributed by atoms with Crippen LogP contribution in [0, 0.1) is 5.92 Å². The lowest BCUT2D eigenvalue weighted by atomic mass is 9.99. The van der Waals surface area contributed by atoms with E-state index in [9.17, 15) is 9.59 Å². The van der Waals surface area contributed by atoms with Crippen LogP contribution in [0.5, 0.6) is 0 Å². The van der Waals surface area contributed by atoms with Gasteiger partial charge in [0.15, 0.2) is 0 Å². The molecule has 3 atom stereocenters. The summed E-state index contributed by atoms with van der Waals surface area (Å²) in [6, 6.07) is -1.61. The largest absolute Gasteiger partial charge is 0.480 e. The summed E-state index contributed by atoms with van der Waals surface area (Å²) in [6.45, 7) is 7.12. The smallest absolute Gasteiger partial charge is 0.326 e. The number of carboxylic acids is 1. The summed E-state index contributed by atoms with van der Waals surface area (Å²) < 4.78 is 0. The van der Waals surface area contributed by atoms with Crippen molar-refractivity contribution >= 4 is 11.9 Å². The van der Waals surface area contributed by atoms with E-state index in [0.717, 1.165) is 0 Å². The Morgan fingerprint density at radius 3 is 2.50 bits per heavy atom. The molecule has 1 amide bonds. The molecule has 0 saturated carbocycles. The van der Waals surface area contributed by atoms with Crippen molar-refractivity contribution in [3.05, 3.63) is 12.7 Å². The van der Waals surface area contributed by atoms with Gasteiger partial charge in [0.2, 0.25) is 5.91 Å². The minimum Gasteiger partial charge on any atom is -0.480 e. The number of carboxylic acid groups (broad SMARTS) is 1.